The summed E-state index contributed by atoms with van der Waals surface area (Å²) < 4.78 is 5.62. The predicted molar refractivity (Wildman–Crippen MR) is 133 cm³/mol. The molecule has 0 amide bonds. The molecule has 0 aromatic rings. The van der Waals surface area contributed by atoms with Gasteiger partial charge in [0.1, 0.15) is 18.2 Å². The number of nitrogens with zero attached hydrogens (tertiary/aromatic N) is 2. The molecule has 1 fully saturated rings. The van der Waals surface area contributed by atoms with E-state index in [-0.39, 0.29) is 35.3 Å². The van der Waals surface area contributed by atoms with Gasteiger partial charge in [0.15, 0.2) is 5.78 Å². The number of piperazine rings is 1. The lowest BCUT2D eigenvalue weighted by atomic mass is 9.89. The average molecular weight is 450 g/mol. The Balaban J connectivity index is 2.68. The SMILES string of the molecule is CCCC(C=CC(=N)N1[C@H](C)CN(CCOCC(=O)C(C)(C)C)C[C@@H]1C)=C(O)C(C)(C)C. The Hall–Kier alpha value is -1.66. The first-order chi connectivity index (χ1) is 14.7. The van der Waals surface area contributed by atoms with Gasteiger partial charge in [-0.2, -0.15) is 0 Å². The molecule has 0 aromatic heterocycles. The summed E-state index contributed by atoms with van der Waals surface area (Å²) in [6, 6.07) is 0.392. The Morgan fingerprint density at radius 1 is 1.06 bits per heavy atom. The number of hydrogen-bond acceptors (Lipinski definition) is 5. The number of ketones is 1. The number of carbonyl (C=O) groups is 1. The molecule has 1 rings (SSSR count). The van der Waals surface area contributed by atoms with Crippen LogP contribution >= 0.6 is 0 Å². The van der Waals surface area contributed by atoms with E-state index in [1.165, 1.54) is 0 Å². The summed E-state index contributed by atoms with van der Waals surface area (Å²) in [6.07, 6.45) is 5.49. The molecule has 2 atom stereocenters. The van der Waals surface area contributed by atoms with Crippen molar-refractivity contribution in [2.75, 3.05) is 32.8 Å². The van der Waals surface area contributed by atoms with Crippen molar-refractivity contribution in [3.63, 3.8) is 0 Å². The number of amidine groups is 1. The average Bonchev–Trinajstić information content (AvgIpc) is 2.65. The van der Waals surface area contributed by atoms with E-state index in [4.69, 9.17) is 10.1 Å². The van der Waals surface area contributed by atoms with Crippen LogP contribution in [0.3, 0.4) is 0 Å². The second-order valence-corrected chi connectivity index (χ2v) is 11.2. The van der Waals surface area contributed by atoms with Crippen molar-refractivity contribution in [2.24, 2.45) is 10.8 Å². The number of nitrogens with one attached hydrogen (secondary N) is 1. The highest BCUT2D eigenvalue weighted by Gasteiger charge is 2.30. The molecule has 0 spiro atoms. The Labute approximate surface area is 196 Å². The van der Waals surface area contributed by atoms with Crippen LogP contribution in [0.2, 0.25) is 0 Å². The summed E-state index contributed by atoms with van der Waals surface area (Å²) in [6.45, 7) is 21.3. The lowest BCUT2D eigenvalue weighted by molar-refractivity contribution is -0.131. The van der Waals surface area contributed by atoms with Crippen LogP contribution in [-0.4, -0.2) is 71.5 Å². The first-order valence-electron chi connectivity index (χ1n) is 12.0. The molecule has 2 N–H and O–H groups in total. The Bertz CT molecular complexity index is 686. The van der Waals surface area contributed by atoms with Crippen LogP contribution in [0.4, 0.5) is 0 Å². The minimum absolute atomic E-state index is 0.123. The third kappa shape index (κ3) is 8.70. The zero-order chi connectivity index (χ0) is 24.7. The molecular weight excluding hydrogens is 402 g/mol. The monoisotopic (exact) mass is 449 g/mol. The molecule has 184 valence electrons. The van der Waals surface area contributed by atoms with Gasteiger partial charge in [-0.15, -0.1) is 0 Å². The number of Topliss-reactive ketones (excluding diaryl/α,β-unsaturated/α-hetero) is 1. The zero-order valence-electron chi connectivity index (χ0n) is 21.9. The smallest absolute Gasteiger partial charge is 0.163 e. The van der Waals surface area contributed by atoms with E-state index >= 15 is 0 Å². The number of aliphatic hydroxyl groups excluding tert-OH is 1. The fraction of sp³-hybridized carbons (Fsp3) is 0.769. The minimum atomic E-state index is -0.363. The molecule has 0 aliphatic carbocycles. The lowest BCUT2D eigenvalue weighted by Gasteiger charge is -2.45. The highest BCUT2D eigenvalue weighted by atomic mass is 16.5. The van der Waals surface area contributed by atoms with Gasteiger partial charge >= 0.3 is 0 Å². The number of ether oxygens (including phenoxy) is 1. The summed E-state index contributed by atoms with van der Waals surface area (Å²) in [7, 11) is 0. The van der Waals surface area contributed by atoms with Gasteiger partial charge in [-0.25, -0.2) is 0 Å². The zero-order valence-corrected chi connectivity index (χ0v) is 21.9. The van der Waals surface area contributed by atoms with E-state index in [1.54, 1.807) is 0 Å². The third-order valence-electron chi connectivity index (χ3n) is 5.87. The standard InChI is InChI=1S/C26H47N3O3/c1-10-11-21(24(31)26(7,8)9)12-13-23(27)29-19(2)16-28(17-20(29)3)14-15-32-18-22(30)25(4,5)6/h12-13,19-20,27,31H,10-11,14-18H2,1-9H3/t19-,20+. The number of allylic oxidation sites excluding steroid dienone is 3. The number of rotatable bonds is 9. The third-order valence-corrected chi connectivity index (χ3v) is 5.87. The van der Waals surface area contributed by atoms with E-state index in [0.717, 1.165) is 38.0 Å². The second kappa shape index (κ2) is 12.0. The summed E-state index contributed by atoms with van der Waals surface area (Å²) in [5.74, 6) is 1.00. The highest BCUT2D eigenvalue weighted by molar-refractivity contribution is 5.91. The van der Waals surface area contributed by atoms with E-state index in [0.29, 0.717) is 18.2 Å². The first-order valence-corrected chi connectivity index (χ1v) is 12.0. The van der Waals surface area contributed by atoms with E-state index in [2.05, 4.69) is 30.6 Å². The Morgan fingerprint density at radius 3 is 2.09 bits per heavy atom. The predicted octanol–water partition coefficient (Wildman–Crippen LogP) is 5.20. The quantitative estimate of drug-likeness (QED) is 0.166. The van der Waals surface area contributed by atoms with Crippen molar-refractivity contribution < 1.29 is 14.6 Å². The van der Waals surface area contributed by atoms with Crippen LogP contribution in [-0.2, 0) is 9.53 Å². The molecule has 1 heterocycles. The normalized spacial score (nSPS) is 21.7. The van der Waals surface area contributed by atoms with Crippen molar-refractivity contribution in [2.45, 2.75) is 87.2 Å². The Morgan fingerprint density at radius 2 is 1.62 bits per heavy atom. The molecule has 0 radical (unpaired) electrons. The van der Waals surface area contributed by atoms with E-state index in [9.17, 15) is 9.90 Å². The first kappa shape index (κ1) is 28.4. The summed E-state index contributed by atoms with van der Waals surface area (Å²) in [5.41, 5.74) is 0.243. The fourth-order valence-electron chi connectivity index (χ4n) is 3.96. The van der Waals surface area contributed by atoms with Crippen LogP contribution in [0.1, 0.15) is 75.2 Å². The molecule has 0 aromatic carbocycles. The minimum Gasteiger partial charge on any atom is -0.511 e. The van der Waals surface area contributed by atoms with E-state index < -0.39 is 0 Å². The molecule has 32 heavy (non-hydrogen) atoms. The molecule has 6 heteroatoms. The fourth-order valence-corrected chi connectivity index (χ4v) is 3.96. The largest absolute Gasteiger partial charge is 0.511 e. The number of aliphatic hydroxyl groups is 1. The molecule has 0 bridgehead atoms. The number of carbonyl (C=O) groups excluding carboxylic acids is 1. The van der Waals surface area contributed by atoms with Crippen LogP contribution in [0.25, 0.3) is 0 Å². The lowest BCUT2D eigenvalue weighted by Crippen LogP contribution is -2.58. The molecule has 1 saturated heterocycles. The highest BCUT2D eigenvalue weighted by Crippen LogP contribution is 2.28. The van der Waals surface area contributed by atoms with Gasteiger partial charge in [-0.3, -0.25) is 15.1 Å². The van der Waals surface area contributed by atoms with Crippen LogP contribution < -0.4 is 0 Å². The maximum absolute atomic E-state index is 12.0. The van der Waals surface area contributed by atoms with Crippen molar-refractivity contribution in [1.29, 1.82) is 5.41 Å². The van der Waals surface area contributed by atoms with Gasteiger partial charge in [0, 0.05) is 42.5 Å². The number of hydrogen-bond donors (Lipinski definition) is 2. The summed E-state index contributed by atoms with van der Waals surface area (Å²) >= 11 is 0. The molecule has 0 saturated carbocycles. The summed E-state index contributed by atoms with van der Waals surface area (Å²) in [5, 5.41) is 19.3. The maximum Gasteiger partial charge on any atom is 0.163 e. The van der Waals surface area contributed by atoms with Gasteiger partial charge < -0.3 is 14.7 Å². The van der Waals surface area contributed by atoms with Crippen molar-refractivity contribution in [3.8, 4) is 0 Å². The summed E-state index contributed by atoms with van der Waals surface area (Å²) in [4.78, 5) is 16.5. The molecule has 0 unspecified atom stereocenters. The van der Waals surface area contributed by atoms with Crippen LogP contribution in [0, 0.1) is 16.2 Å². The van der Waals surface area contributed by atoms with Crippen molar-refractivity contribution in [3.05, 3.63) is 23.5 Å². The maximum atomic E-state index is 12.0. The topological polar surface area (TPSA) is 76.9 Å². The molecule has 1 aliphatic rings. The van der Waals surface area contributed by atoms with Crippen LogP contribution in [0.15, 0.2) is 23.5 Å². The van der Waals surface area contributed by atoms with Gasteiger partial charge in [0.05, 0.1) is 6.61 Å². The molecule has 1 aliphatic heterocycles. The Kier molecular flexibility index (Phi) is 10.6. The second-order valence-electron chi connectivity index (χ2n) is 11.2. The molecular formula is C26H47N3O3. The van der Waals surface area contributed by atoms with Gasteiger partial charge in [0.25, 0.3) is 0 Å². The van der Waals surface area contributed by atoms with Crippen molar-refractivity contribution in [1.82, 2.24) is 9.80 Å². The molecule has 6 nitrogen and oxygen atoms in total. The van der Waals surface area contributed by atoms with Crippen LogP contribution in [0.5, 0.6) is 0 Å². The van der Waals surface area contributed by atoms with Gasteiger partial charge in [-0.05, 0) is 31.9 Å². The van der Waals surface area contributed by atoms with Crippen molar-refractivity contribution >= 4 is 11.6 Å². The van der Waals surface area contributed by atoms with E-state index in [1.807, 2.05) is 53.7 Å². The van der Waals surface area contributed by atoms with Gasteiger partial charge in [0.2, 0.25) is 0 Å². The van der Waals surface area contributed by atoms with Gasteiger partial charge in [-0.1, -0.05) is 61.0 Å².